The van der Waals surface area contributed by atoms with Gasteiger partial charge in [0.15, 0.2) is 0 Å². The molecule has 7 heteroatoms. The first-order chi connectivity index (χ1) is 13.6. The number of aromatic nitrogens is 3. The summed E-state index contributed by atoms with van der Waals surface area (Å²) in [6.07, 6.45) is 6.09. The standard InChI is InChI=1S/C21H26BrN5O/c1-3-15-10-14(2)19-20(15)24-13-25-21(19)27-8-6-26(7-9-27)18(28)11-17-5-4-16(22)12-23-17/h4-5,12-15H,3,6-11H2,1-2H3. The van der Waals surface area contributed by atoms with Gasteiger partial charge in [0.05, 0.1) is 12.1 Å². The maximum Gasteiger partial charge on any atom is 0.228 e. The molecule has 2 aliphatic rings. The van der Waals surface area contributed by atoms with Gasteiger partial charge in [-0.15, -0.1) is 0 Å². The van der Waals surface area contributed by atoms with E-state index in [0.717, 1.165) is 55.0 Å². The lowest BCUT2D eigenvalue weighted by Crippen LogP contribution is -2.49. The number of carbonyl (C=O) groups excluding carboxylic acids is 1. The van der Waals surface area contributed by atoms with E-state index in [0.29, 0.717) is 18.3 Å². The first-order valence-corrected chi connectivity index (χ1v) is 10.8. The third-order valence-electron chi connectivity index (χ3n) is 5.96. The Morgan fingerprint density at radius 1 is 1.18 bits per heavy atom. The molecule has 2 atom stereocenters. The van der Waals surface area contributed by atoms with Gasteiger partial charge in [0, 0.05) is 54.0 Å². The second-order valence-corrected chi connectivity index (χ2v) is 8.67. The molecule has 1 amide bonds. The molecule has 4 rings (SSSR count). The Bertz CT molecular complexity index is 848. The van der Waals surface area contributed by atoms with Gasteiger partial charge in [0.2, 0.25) is 5.91 Å². The van der Waals surface area contributed by atoms with E-state index >= 15 is 0 Å². The van der Waals surface area contributed by atoms with E-state index in [2.05, 4.69) is 49.6 Å². The van der Waals surface area contributed by atoms with E-state index in [-0.39, 0.29) is 5.91 Å². The molecule has 0 spiro atoms. The van der Waals surface area contributed by atoms with E-state index in [9.17, 15) is 4.79 Å². The lowest BCUT2D eigenvalue weighted by molar-refractivity contribution is -0.130. The molecule has 0 aromatic carbocycles. The van der Waals surface area contributed by atoms with Gasteiger partial charge in [-0.25, -0.2) is 9.97 Å². The lowest BCUT2D eigenvalue weighted by Gasteiger charge is -2.36. The molecule has 2 aromatic heterocycles. The smallest absolute Gasteiger partial charge is 0.228 e. The Morgan fingerprint density at radius 2 is 1.96 bits per heavy atom. The largest absolute Gasteiger partial charge is 0.353 e. The summed E-state index contributed by atoms with van der Waals surface area (Å²) in [6.45, 7) is 7.59. The van der Waals surface area contributed by atoms with Crippen LogP contribution < -0.4 is 4.90 Å². The third-order valence-corrected chi connectivity index (χ3v) is 6.43. The zero-order valence-corrected chi connectivity index (χ0v) is 18.0. The zero-order chi connectivity index (χ0) is 19.7. The summed E-state index contributed by atoms with van der Waals surface area (Å²) in [6, 6.07) is 3.82. The number of anilines is 1. The predicted molar refractivity (Wildman–Crippen MR) is 113 cm³/mol. The van der Waals surface area contributed by atoms with Crippen LogP contribution in [0.3, 0.4) is 0 Å². The van der Waals surface area contributed by atoms with Crippen molar-refractivity contribution in [3.05, 3.63) is 46.1 Å². The molecular formula is C21H26BrN5O. The molecule has 1 aliphatic carbocycles. The second kappa shape index (κ2) is 8.15. The van der Waals surface area contributed by atoms with Crippen LogP contribution in [0.4, 0.5) is 5.82 Å². The van der Waals surface area contributed by atoms with Crippen molar-refractivity contribution < 1.29 is 4.79 Å². The van der Waals surface area contributed by atoms with Crippen LogP contribution in [0.5, 0.6) is 0 Å². The molecular weight excluding hydrogens is 418 g/mol. The molecule has 28 heavy (non-hydrogen) atoms. The number of nitrogens with zero attached hydrogens (tertiary/aromatic N) is 5. The summed E-state index contributed by atoms with van der Waals surface area (Å²) < 4.78 is 0.925. The number of pyridine rings is 1. The van der Waals surface area contributed by atoms with Crippen LogP contribution in [-0.2, 0) is 11.2 Å². The van der Waals surface area contributed by atoms with Crippen molar-refractivity contribution in [2.24, 2.45) is 0 Å². The van der Waals surface area contributed by atoms with Gasteiger partial charge >= 0.3 is 0 Å². The highest BCUT2D eigenvalue weighted by molar-refractivity contribution is 9.10. The average molecular weight is 444 g/mol. The van der Waals surface area contributed by atoms with E-state index in [4.69, 9.17) is 0 Å². The van der Waals surface area contributed by atoms with Crippen LogP contribution in [-0.4, -0.2) is 51.9 Å². The molecule has 0 saturated carbocycles. The van der Waals surface area contributed by atoms with Crippen LogP contribution in [0, 0.1) is 0 Å². The monoisotopic (exact) mass is 443 g/mol. The summed E-state index contributed by atoms with van der Waals surface area (Å²) in [5.74, 6) is 2.27. The maximum absolute atomic E-state index is 12.6. The molecule has 2 aromatic rings. The molecule has 1 aliphatic heterocycles. The first kappa shape index (κ1) is 19.3. The molecule has 1 saturated heterocycles. The van der Waals surface area contributed by atoms with Gasteiger partial charge in [-0.05, 0) is 46.8 Å². The number of fused-ring (bicyclic) bond motifs is 1. The first-order valence-electron chi connectivity index (χ1n) is 10.0. The summed E-state index contributed by atoms with van der Waals surface area (Å²) in [5, 5.41) is 0. The van der Waals surface area contributed by atoms with Crippen molar-refractivity contribution in [3.8, 4) is 0 Å². The number of piperazine rings is 1. The Morgan fingerprint density at radius 3 is 2.64 bits per heavy atom. The van der Waals surface area contributed by atoms with Gasteiger partial charge < -0.3 is 9.80 Å². The fraction of sp³-hybridized carbons (Fsp3) is 0.524. The fourth-order valence-corrected chi connectivity index (χ4v) is 4.65. The predicted octanol–water partition coefficient (Wildman–Crippen LogP) is 3.53. The zero-order valence-electron chi connectivity index (χ0n) is 16.4. The normalized spacial score (nSPS) is 21.7. The Hall–Kier alpha value is -2.02. The fourth-order valence-electron chi connectivity index (χ4n) is 4.41. The van der Waals surface area contributed by atoms with Gasteiger partial charge in [-0.2, -0.15) is 0 Å². The Labute approximate surface area is 174 Å². The number of amides is 1. The van der Waals surface area contributed by atoms with Crippen LogP contribution in [0.2, 0.25) is 0 Å². The Kier molecular flexibility index (Phi) is 5.62. The quantitative estimate of drug-likeness (QED) is 0.722. The van der Waals surface area contributed by atoms with Gasteiger partial charge in [0.25, 0.3) is 0 Å². The van der Waals surface area contributed by atoms with Crippen molar-refractivity contribution >= 4 is 27.7 Å². The van der Waals surface area contributed by atoms with Gasteiger partial charge in [-0.1, -0.05) is 13.8 Å². The molecule has 2 unspecified atom stereocenters. The number of hydrogen-bond donors (Lipinski definition) is 0. The SMILES string of the molecule is CCC1CC(C)c2c1ncnc2N1CCN(C(=O)Cc2ccc(Br)cn2)CC1. The highest BCUT2D eigenvalue weighted by Gasteiger charge is 2.34. The molecule has 148 valence electrons. The van der Waals surface area contributed by atoms with Gasteiger partial charge in [0.1, 0.15) is 12.1 Å². The van der Waals surface area contributed by atoms with E-state index < -0.39 is 0 Å². The number of hydrogen-bond acceptors (Lipinski definition) is 5. The summed E-state index contributed by atoms with van der Waals surface area (Å²) >= 11 is 3.38. The minimum Gasteiger partial charge on any atom is -0.353 e. The number of carbonyl (C=O) groups is 1. The maximum atomic E-state index is 12.6. The highest BCUT2D eigenvalue weighted by atomic mass is 79.9. The minimum absolute atomic E-state index is 0.141. The molecule has 0 radical (unpaired) electrons. The summed E-state index contributed by atoms with van der Waals surface area (Å²) in [7, 11) is 0. The van der Waals surface area contributed by atoms with E-state index in [1.165, 1.54) is 11.3 Å². The van der Waals surface area contributed by atoms with Crippen LogP contribution >= 0.6 is 15.9 Å². The van der Waals surface area contributed by atoms with Crippen LogP contribution in [0.15, 0.2) is 29.1 Å². The molecule has 0 bridgehead atoms. The van der Waals surface area contributed by atoms with Crippen molar-refractivity contribution in [1.29, 1.82) is 0 Å². The molecule has 6 nitrogen and oxygen atoms in total. The van der Waals surface area contributed by atoms with E-state index in [1.807, 2.05) is 17.0 Å². The van der Waals surface area contributed by atoms with Gasteiger partial charge in [-0.3, -0.25) is 9.78 Å². The van der Waals surface area contributed by atoms with Crippen LogP contribution in [0.25, 0.3) is 0 Å². The number of halogens is 1. The van der Waals surface area contributed by atoms with Crippen molar-refractivity contribution in [1.82, 2.24) is 19.9 Å². The molecule has 3 heterocycles. The molecule has 0 N–H and O–H groups in total. The topological polar surface area (TPSA) is 62.2 Å². The average Bonchev–Trinajstić information content (AvgIpc) is 3.06. The van der Waals surface area contributed by atoms with E-state index in [1.54, 1.807) is 12.5 Å². The molecule has 1 fully saturated rings. The minimum atomic E-state index is 0.141. The number of rotatable bonds is 4. The van der Waals surface area contributed by atoms with Crippen molar-refractivity contribution in [2.75, 3.05) is 31.1 Å². The van der Waals surface area contributed by atoms with Crippen molar-refractivity contribution in [3.63, 3.8) is 0 Å². The second-order valence-electron chi connectivity index (χ2n) is 7.75. The Balaban J connectivity index is 1.42. The summed E-state index contributed by atoms with van der Waals surface area (Å²) in [4.78, 5) is 30.5. The lowest BCUT2D eigenvalue weighted by atomic mass is 10.0. The highest BCUT2D eigenvalue weighted by Crippen LogP contribution is 2.45. The third kappa shape index (κ3) is 3.77. The summed E-state index contributed by atoms with van der Waals surface area (Å²) in [5.41, 5.74) is 3.37. The van der Waals surface area contributed by atoms with Crippen LogP contribution in [0.1, 0.15) is 55.5 Å². The van der Waals surface area contributed by atoms with Crippen molar-refractivity contribution in [2.45, 2.75) is 44.9 Å².